The first-order chi connectivity index (χ1) is 13.8. The highest BCUT2D eigenvalue weighted by molar-refractivity contribution is 5.93. The minimum atomic E-state index is 0.0221. The normalized spacial score (nSPS) is 17.3. The van der Waals surface area contributed by atoms with Gasteiger partial charge >= 0.3 is 0 Å². The second kappa shape index (κ2) is 11.2. The fourth-order valence-electron chi connectivity index (χ4n) is 3.78. The molecule has 0 bridgehead atoms. The molecule has 1 fully saturated rings. The Balaban J connectivity index is 1.85. The van der Waals surface area contributed by atoms with Crippen molar-refractivity contribution >= 4 is 11.9 Å². The van der Waals surface area contributed by atoms with Gasteiger partial charge in [-0.15, -0.1) is 0 Å². The smallest absolute Gasteiger partial charge is 0.253 e. The molecule has 1 atom stereocenters. The molecule has 1 aliphatic rings. The number of carbonyl (C=O) groups excluding carboxylic acids is 1. The first kappa shape index (κ1) is 23.2. The lowest BCUT2D eigenvalue weighted by Gasteiger charge is -2.39. The second-order valence-electron chi connectivity index (χ2n) is 8.73. The predicted molar refractivity (Wildman–Crippen MR) is 121 cm³/mol. The number of piperidine rings is 1. The molecule has 1 unspecified atom stereocenters. The Hall–Kier alpha value is -2.08. The first-order valence-electron chi connectivity index (χ1n) is 10.8. The standard InChI is InChI=1S/C23H39N5O/c1-17(2)21(28-13-11-18(3)12-14-28)16-26-23(24-4)25-15-19-7-9-20(10-8-19)22(29)27(5)6/h7-10,17-18,21H,11-16H2,1-6H3,(H2,24,25,26). The Kier molecular flexibility index (Phi) is 8.96. The summed E-state index contributed by atoms with van der Waals surface area (Å²) < 4.78 is 0. The summed E-state index contributed by atoms with van der Waals surface area (Å²) in [5.41, 5.74) is 1.82. The van der Waals surface area contributed by atoms with Crippen LogP contribution in [0, 0.1) is 11.8 Å². The molecule has 0 saturated carbocycles. The van der Waals surface area contributed by atoms with E-state index >= 15 is 0 Å². The fraction of sp³-hybridized carbons (Fsp3) is 0.652. The van der Waals surface area contributed by atoms with Gasteiger partial charge < -0.3 is 15.5 Å². The van der Waals surface area contributed by atoms with E-state index in [-0.39, 0.29) is 5.91 Å². The molecule has 1 aliphatic heterocycles. The van der Waals surface area contributed by atoms with Crippen LogP contribution in [0.5, 0.6) is 0 Å². The molecular formula is C23H39N5O. The maximum atomic E-state index is 12.0. The Morgan fingerprint density at radius 1 is 1.17 bits per heavy atom. The quantitative estimate of drug-likeness (QED) is 0.545. The number of hydrogen-bond donors (Lipinski definition) is 2. The third-order valence-corrected chi connectivity index (χ3v) is 5.83. The summed E-state index contributed by atoms with van der Waals surface area (Å²) in [4.78, 5) is 20.6. The van der Waals surface area contributed by atoms with Gasteiger partial charge in [-0.25, -0.2) is 0 Å². The van der Waals surface area contributed by atoms with Gasteiger partial charge in [-0.2, -0.15) is 0 Å². The zero-order valence-corrected chi connectivity index (χ0v) is 19.0. The Morgan fingerprint density at radius 3 is 2.31 bits per heavy atom. The fourth-order valence-corrected chi connectivity index (χ4v) is 3.78. The average molecular weight is 402 g/mol. The van der Waals surface area contributed by atoms with Crippen LogP contribution >= 0.6 is 0 Å². The van der Waals surface area contributed by atoms with Gasteiger partial charge in [-0.3, -0.25) is 14.7 Å². The average Bonchev–Trinajstić information content (AvgIpc) is 2.71. The molecule has 2 rings (SSSR count). The molecule has 0 spiro atoms. The number of nitrogens with one attached hydrogen (secondary N) is 2. The molecule has 2 N–H and O–H groups in total. The summed E-state index contributed by atoms with van der Waals surface area (Å²) in [6.07, 6.45) is 2.59. The van der Waals surface area contributed by atoms with E-state index in [4.69, 9.17) is 0 Å². The van der Waals surface area contributed by atoms with Crippen LogP contribution in [0.1, 0.15) is 49.5 Å². The first-order valence-corrected chi connectivity index (χ1v) is 10.8. The summed E-state index contributed by atoms with van der Waals surface area (Å²) in [7, 11) is 5.34. The molecule has 6 nitrogen and oxygen atoms in total. The maximum Gasteiger partial charge on any atom is 0.253 e. The van der Waals surface area contributed by atoms with Crippen molar-refractivity contribution in [2.24, 2.45) is 16.8 Å². The second-order valence-corrected chi connectivity index (χ2v) is 8.73. The lowest BCUT2D eigenvalue weighted by atomic mass is 9.94. The molecule has 1 aromatic carbocycles. The van der Waals surface area contributed by atoms with Crippen LogP contribution in [0.25, 0.3) is 0 Å². The van der Waals surface area contributed by atoms with Gasteiger partial charge in [0.2, 0.25) is 0 Å². The Morgan fingerprint density at radius 2 is 1.79 bits per heavy atom. The van der Waals surface area contributed by atoms with Crippen LogP contribution in [0.2, 0.25) is 0 Å². The van der Waals surface area contributed by atoms with E-state index in [1.54, 1.807) is 26.0 Å². The van der Waals surface area contributed by atoms with Crippen molar-refractivity contribution in [2.45, 2.75) is 46.2 Å². The molecule has 1 heterocycles. The molecule has 6 heteroatoms. The van der Waals surface area contributed by atoms with Crippen molar-refractivity contribution in [2.75, 3.05) is 40.8 Å². The topological polar surface area (TPSA) is 60.0 Å². The van der Waals surface area contributed by atoms with E-state index in [1.807, 2.05) is 24.3 Å². The van der Waals surface area contributed by atoms with Gasteiger partial charge in [0.15, 0.2) is 5.96 Å². The molecule has 1 aromatic rings. The van der Waals surface area contributed by atoms with Gasteiger partial charge in [0.1, 0.15) is 0 Å². The van der Waals surface area contributed by atoms with Crippen molar-refractivity contribution in [1.29, 1.82) is 0 Å². The molecule has 162 valence electrons. The van der Waals surface area contributed by atoms with Crippen LogP contribution in [0.3, 0.4) is 0 Å². The van der Waals surface area contributed by atoms with Crippen LogP contribution in [-0.2, 0) is 6.54 Å². The summed E-state index contributed by atoms with van der Waals surface area (Å²) in [5, 5.41) is 6.90. The molecular weight excluding hydrogens is 362 g/mol. The van der Waals surface area contributed by atoms with Crippen molar-refractivity contribution < 1.29 is 4.79 Å². The summed E-state index contributed by atoms with van der Waals surface area (Å²) in [6.45, 7) is 10.9. The van der Waals surface area contributed by atoms with Crippen LogP contribution < -0.4 is 10.6 Å². The van der Waals surface area contributed by atoms with Crippen molar-refractivity contribution in [1.82, 2.24) is 20.4 Å². The summed E-state index contributed by atoms with van der Waals surface area (Å²) in [6, 6.07) is 8.24. The monoisotopic (exact) mass is 401 g/mol. The summed E-state index contributed by atoms with van der Waals surface area (Å²) in [5.74, 6) is 2.28. The van der Waals surface area contributed by atoms with E-state index in [9.17, 15) is 4.79 Å². The van der Waals surface area contributed by atoms with Gasteiger partial charge in [0.05, 0.1) is 0 Å². The largest absolute Gasteiger partial charge is 0.355 e. The highest BCUT2D eigenvalue weighted by Crippen LogP contribution is 2.21. The molecule has 1 amide bonds. The zero-order chi connectivity index (χ0) is 21.4. The Labute approximate surface area is 176 Å². The van der Waals surface area contributed by atoms with Gasteiger partial charge in [-0.1, -0.05) is 32.9 Å². The van der Waals surface area contributed by atoms with E-state index in [0.717, 1.165) is 24.0 Å². The van der Waals surface area contributed by atoms with Crippen molar-refractivity contribution in [3.05, 3.63) is 35.4 Å². The molecule has 0 aliphatic carbocycles. The third-order valence-electron chi connectivity index (χ3n) is 5.83. The minimum Gasteiger partial charge on any atom is -0.355 e. The zero-order valence-electron chi connectivity index (χ0n) is 19.0. The lowest BCUT2D eigenvalue weighted by Crippen LogP contribution is -2.51. The third kappa shape index (κ3) is 7.03. The van der Waals surface area contributed by atoms with Crippen LogP contribution in [0.15, 0.2) is 29.3 Å². The van der Waals surface area contributed by atoms with Gasteiger partial charge in [0.25, 0.3) is 5.91 Å². The molecule has 0 aromatic heterocycles. The van der Waals surface area contributed by atoms with E-state index in [1.165, 1.54) is 25.9 Å². The van der Waals surface area contributed by atoms with E-state index < -0.39 is 0 Å². The van der Waals surface area contributed by atoms with Crippen LogP contribution in [0.4, 0.5) is 0 Å². The van der Waals surface area contributed by atoms with Gasteiger partial charge in [-0.05, 0) is 55.5 Å². The van der Waals surface area contributed by atoms with E-state index in [0.29, 0.717) is 24.1 Å². The number of carbonyl (C=O) groups is 1. The number of guanidine groups is 1. The maximum absolute atomic E-state index is 12.0. The number of nitrogens with zero attached hydrogens (tertiary/aromatic N) is 3. The van der Waals surface area contributed by atoms with Crippen LogP contribution in [-0.4, -0.2) is 68.5 Å². The lowest BCUT2D eigenvalue weighted by molar-refractivity contribution is 0.0827. The minimum absolute atomic E-state index is 0.0221. The number of aliphatic imine (C=N–C) groups is 1. The van der Waals surface area contributed by atoms with E-state index in [2.05, 4.69) is 41.3 Å². The number of likely N-dealkylation sites (tertiary alicyclic amines) is 1. The molecule has 1 saturated heterocycles. The predicted octanol–water partition coefficient (Wildman–Crippen LogP) is 2.81. The number of amides is 1. The highest BCUT2D eigenvalue weighted by atomic mass is 16.2. The number of benzene rings is 1. The molecule has 29 heavy (non-hydrogen) atoms. The number of rotatable bonds is 7. The highest BCUT2D eigenvalue weighted by Gasteiger charge is 2.25. The Bertz CT molecular complexity index is 660. The van der Waals surface area contributed by atoms with Gasteiger partial charge in [0, 0.05) is 45.8 Å². The molecule has 0 radical (unpaired) electrons. The van der Waals surface area contributed by atoms with Crippen molar-refractivity contribution in [3.8, 4) is 0 Å². The van der Waals surface area contributed by atoms with Crippen molar-refractivity contribution in [3.63, 3.8) is 0 Å². The SMILES string of the molecule is CN=C(NCc1ccc(C(=O)N(C)C)cc1)NCC(C(C)C)N1CCC(C)CC1. The summed E-state index contributed by atoms with van der Waals surface area (Å²) >= 11 is 0. The number of hydrogen-bond acceptors (Lipinski definition) is 3.